The van der Waals surface area contributed by atoms with Crippen molar-refractivity contribution in [3.63, 3.8) is 0 Å². The normalized spacial score (nSPS) is 10.7. The Morgan fingerprint density at radius 1 is 1.07 bits per heavy atom. The third-order valence-electron chi connectivity index (χ3n) is 3.24. The van der Waals surface area contributed by atoms with E-state index in [2.05, 4.69) is 21.6 Å². The number of nitrogens with zero attached hydrogens (tertiary/aromatic N) is 1. The van der Waals surface area contributed by atoms with Gasteiger partial charge in [-0.1, -0.05) is 11.8 Å². The lowest BCUT2D eigenvalue weighted by molar-refractivity contribution is 0.0511. The molecule has 0 spiro atoms. The number of pyridine rings is 1. The maximum atomic E-state index is 11.8. The van der Waals surface area contributed by atoms with Gasteiger partial charge in [-0.15, -0.1) is 0 Å². The molecule has 0 N–H and O–H groups in total. The van der Waals surface area contributed by atoms with E-state index in [9.17, 15) is 13.2 Å². The SMILES string of the molecule is COCOc1ccc(C#Cc2cc(COS(C)(=O)=O)nc(C(=O)OC)c2)cc1. The zero-order valence-corrected chi connectivity index (χ0v) is 16.4. The molecule has 0 bridgehead atoms. The number of rotatable bonds is 7. The standard InChI is InChI=1S/C19H19NO7S/c1-24-13-26-17-8-6-14(7-9-17)4-5-15-10-16(12-27-28(3,22)23)20-18(11-15)19(21)25-2/h6-11H,12-13H2,1-3H3. The summed E-state index contributed by atoms with van der Waals surface area (Å²) in [5.41, 5.74) is 1.42. The van der Waals surface area contributed by atoms with Crippen molar-refractivity contribution in [2.45, 2.75) is 6.61 Å². The Labute approximate surface area is 163 Å². The minimum absolute atomic E-state index is 0.00437. The van der Waals surface area contributed by atoms with Crippen molar-refractivity contribution in [1.82, 2.24) is 4.98 Å². The number of benzene rings is 1. The third-order valence-corrected chi connectivity index (χ3v) is 3.79. The summed E-state index contributed by atoms with van der Waals surface area (Å²) in [7, 11) is -0.894. The first-order chi connectivity index (χ1) is 13.3. The molecular formula is C19H19NO7S. The van der Waals surface area contributed by atoms with Gasteiger partial charge in [0.2, 0.25) is 0 Å². The van der Waals surface area contributed by atoms with Crippen LogP contribution in [0, 0.1) is 11.8 Å². The molecule has 1 aromatic heterocycles. The molecule has 0 unspecified atom stereocenters. The van der Waals surface area contributed by atoms with Crippen LogP contribution in [0.25, 0.3) is 0 Å². The quantitative estimate of drug-likeness (QED) is 0.297. The summed E-state index contributed by atoms with van der Waals surface area (Å²) >= 11 is 0. The minimum Gasteiger partial charge on any atom is -0.468 e. The third kappa shape index (κ3) is 7.00. The predicted molar refractivity (Wildman–Crippen MR) is 100 cm³/mol. The molecular weight excluding hydrogens is 386 g/mol. The van der Waals surface area contributed by atoms with E-state index in [1.807, 2.05) is 0 Å². The lowest BCUT2D eigenvalue weighted by atomic mass is 10.1. The Bertz CT molecular complexity index is 989. The fraction of sp³-hybridized carbons (Fsp3) is 0.263. The lowest BCUT2D eigenvalue weighted by Gasteiger charge is -2.05. The highest BCUT2D eigenvalue weighted by Gasteiger charge is 2.12. The smallest absolute Gasteiger partial charge is 0.356 e. The highest BCUT2D eigenvalue weighted by atomic mass is 32.2. The Balaban J connectivity index is 2.26. The van der Waals surface area contributed by atoms with Gasteiger partial charge in [0.1, 0.15) is 18.1 Å². The van der Waals surface area contributed by atoms with Crippen LogP contribution in [0.3, 0.4) is 0 Å². The predicted octanol–water partition coefficient (Wildman–Crippen LogP) is 1.73. The lowest BCUT2D eigenvalue weighted by Crippen LogP contribution is -2.09. The van der Waals surface area contributed by atoms with Crippen molar-refractivity contribution < 1.29 is 31.6 Å². The van der Waals surface area contributed by atoms with Crippen LogP contribution in [0.15, 0.2) is 36.4 Å². The van der Waals surface area contributed by atoms with Gasteiger partial charge >= 0.3 is 5.97 Å². The molecule has 28 heavy (non-hydrogen) atoms. The van der Waals surface area contributed by atoms with Gasteiger partial charge in [0.25, 0.3) is 10.1 Å². The Morgan fingerprint density at radius 2 is 1.75 bits per heavy atom. The highest BCUT2D eigenvalue weighted by Crippen LogP contribution is 2.13. The van der Waals surface area contributed by atoms with Gasteiger partial charge in [-0.05, 0) is 36.4 Å². The maximum Gasteiger partial charge on any atom is 0.356 e. The number of aromatic nitrogens is 1. The Kier molecular flexibility index (Phi) is 7.52. The summed E-state index contributed by atoms with van der Waals surface area (Å²) in [5.74, 6) is 5.84. The first-order valence-electron chi connectivity index (χ1n) is 7.98. The molecule has 0 saturated heterocycles. The molecule has 148 valence electrons. The first kappa shape index (κ1) is 21.4. The van der Waals surface area contributed by atoms with Gasteiger partial charge in [0.15, 0.2) is 6.79 Å². The Morgan fingerprint density at radius 3 is 2.36 bits per heavy atom. The number of methoxy groups -OCH3 is 2. The molecule has 0 aliphatic carbocycles. The van der Waals surface area contributed by atoms with Crippen LogP contribution in [0.5, 0.6) is 5.75 Å². The molecule has 1 aromatic carbocycles. The van der Waals surface area contributed by atoms with E-state index in [-0.39, 0.29) is 24.8 Å². The summed E-state index contributed by atoms with van der Waals surface area (Å²) in [6, 6.07) is 10.0. The second-order valence-corrected chi connectivity index (χ2v) is 7.16. The minimum atomic E-state index is -3.65. The van der Waals surface area contributed by atoms with Crippen LogP contribution in [0.4, 0.5) is 0 Å². The molecule has 0 fully saturated rings. The molecule has 1 heterocycles. The average Bonchev–Trinajstić information content (AvgIpc) is 2.68. The number of carbonyl (C=O) groups excluding carboxylic acids is 1. The number of esters is 1. The van der Waals surface area contributed by atoms with E-state index in [1.54, 1.807) is 30.3 Å². The molecule has 0 radical (unpaired) electrons. The first-order valence-corrected chi connectivity index (χ1v) is 9.80. The van der Waals surface area contributed by atoms with Crippen LogP contribution in [0.1, 0.15) is 27.3 Å². The van der Waals surface area contributed by atoms with Crippen LogP contribution in [-0.4, -0.2) is 46.6 Å². The zero-order chi connectivity index (χ0) is 20.6. The summed E-state index contributed by atoms with van der Waals surface area (Å²) < 4.78 is 41.9. The van der Waals surface area contributed by atoms with Gasteiger partial charge in [0.05, 0.1) is 19.1 Å². The topological polar surface area (TPSA) is 101 Å². The molecule has 8 nitrogen and oxygen atoms in total. The summed E-state index contributed by atoms with van der Waals surface area (Å²) in [5, 5.41) is 0. The van der Waals surface area contributed by atoms with Crippen molar-refractivity contribution in [3.05, 3.63) is 58.9 Å². The van der Waals surface area contributed by atoms with Crippen LogP contribution >= 0.6 is 0 Å². The molecule has 0 aliphatic rings. The van der Waals surface area contributed by atoms with Crippen LogP contribution in [0.2, 0.25) is 0 Å². The van der Waals surface area contributed by atoms with E-state index >= 15 is 0 Å². The van der Waals surface area contributed by atoms with E-state index in [0.717, 1.165) is 11.8 Å². The molecule has 0 atom stereocenters. The van der Waals surface area contributed by atoms with E-state index in [1.165, 1.54) is 20.3 Å². The molecule has 2 aromatic rings. The van der Waals surface area contributed by atoms with Gasteiger partial charge < -0.3 is 14.2 Å². The number of hydrogen-bond acceptors (Lipinski definition) is 8. The van der Waals surface area contributed by atoms with Crippen molar-refractivity contribution >= 4 is 16.1 Å². The second-order valence-electron chi connectivity index (χ2n) is 5.52. The van der Waals surface area contributed by atoms with E-state index in [4.69, 9.17) is 13.7 Å². The van der Waals surface area contributed by atoms with Crippen LogP contribution < -0.4 is 4.74 Å². The Hall–Kier alpha value is -2.93. The van der Waals surface area contributed by atoms with Gasteiger partial charge in [-0.25, -0.2) is 9.78 Å². The van der Waals surface area contributed by atoms with E-state index in [0.29, 0.717) is 11.3 Å². The summed E-state index contributed by atoms with van der Waals surface area (Å²) in [6.07, 6.45) is 0.928. The number of carbonyl (C=O) groups is 1. The van der Waals surface area contributed by atoms with Crippen molar-refractivity contribution in [3.8, 4) is 17.6 Å². The maximum absolute atomic E-state index is 11.8. The average molecular weight is 405 g/mol. The zero-order valence-electron chi connectivity index (χ0n) is 15.6. The van der Waals surface area contributed by atoms with Crippen molar-refractivity contribution in [2.24, 2.45) is 0 Å². The number of hydrogen-bond donors (Lipinski definition) is 0. The van der Waals surface area contributed by atoms with Crippen LogP contribution in [-0.2, 0) is 30.4 Å². The van der Waals surface area contributed by atoms with E-state index < -0.39 is 16.1 Å². The van der Waals surface area contributed by atoms with Gasteiger partial charge in [-0.3, -0.25) is 4.18 Å². The molecule has 2 rings (SSSR count). The fourth-order valence-corrected chi connectivity index (χ4v) is 2.35. The molecule has 0 amide bonds. The van der Waals surface area contributed by atoms with Gasteiger partial charge in [0, 0.05) is 18.2 Å². The fourth-order valence-electron chi connectivity index (χ4n) is 2.02. The largest absolute Gasteiger partial charge is 0.468 e. The highest BCUT2D eigenvalue weighted by molar-refractivity contribution is 7.85. The summed E-state index contributed by atoms with van der Waals surface area (Å²) in [6.45, 7) is -0.166. The monoisotopic (exact) mass is 405 g/mol. The molecule has 0 saturated carbocycles. The van der Waals surface area contributed by atoms with Gasteiger partial charge in [-0.2, -0.15) is 8.42 Å². The second kappa shape index (κ2) is 9.85. The number of ether oxygens (including phenoxy) is 3. The van der Waals surface area contributed by atoms with Crippen molar-refractivity contribution in [2.75, 3.05) is 27.3 Å². The molecule has 0 aliphatic heterocycles. The molecule has 9 heteroatoms. The summed E-state index contributed by atoms with van der Waals surface area (Å²) in [4.78, 5) is 15.8. The van der Waals surface area contributed by atoms with Crippen molar-refractivity contribution in [1.29, 1.82) is 0 Å².